The Bertz CT molecular complexity index is 1070. The minimum Gasteiger partial charge on any atom is -0.272 e. The number of aromatic nitrogens is 2. The van der Waals surface area contributed by atoms with Gasteiger partial charge in [0.15, 0.2) is 0 Å². The van der Waals surface area contributed by atoms with E-state index >= 15 is 0 Å². The molecule has 2 aromatic carbocycles. The van der Waals surface area contributed by atoms with E-state index in [0.717, 1.165) is 27.9 Å². The van der Waals surface area contributed by atoms with Gasteiger partial charge in [-0.3, -0.25) is 14.8 Å². The van der Waals surface area contributed by atoms with Gasteiger partial charge in [0.25, 0.3) is 0 Å². The molecule has 1 aliphatic heterocycles. The van der Waals surface area contributed by atoms with Crippen molar-refractivity contribution < 1.29 is 4.79 Å². The molecule has 6 heteroatoms. The van der Waals surface area contributed by atoms with E-state index in [1.807, 2.05) is 63.2 Å². The molecule has 142 valence electrons. The molecule has 0 aliphatic carbocycles. The highest BCUT2D eigenvalue weighted by Gasteiger charge is 2.38. The third kappa shape index (κ3) is 3.50. The molecule has 5 nitrogen and oxygen atoms in total. The van der Waals surface area contributed by atoms with Crippen LogP contribution in [0.15, 0.2) is 60.0 Å². The van der Waals surface area contributed by atoms with E-state index in [1.165, 1.54) is 0 Å². The highest BCUT2D eigenvalue weighted by molar-refractivity contribution is 6.30. The zero-order valence-corrected chi connectivity index (χ0v) is 16.8. The summed E-state index contributed by atoms with van der Waals surface area (Å²) in [4.78, 5) is 21.8. The quantitative estimate of drug-likeness (QED) is 0.616. The monoisotopic (exact) mass is 392 g/mol. The van der Waals surface area contributed by atoms with Crippen molar-refractivity contribution in [2.45, 2.75) is 33.2 Å². The van der Waals surface area contributed by atoms with Gasteiger partial charge in [-0.05, 0) is 35.4 Å². The van der Waals surface area contributed by atoms with Gasteiger partial charge < -0.3 is 0 Å². The van der Waals surface area contributed by atoms with Crippen molar-refractivity contribution in [3.63, 3.8) is 0 Å². The van der Waals surface area contributed by atoms with Gasteiger partial charge in [0.1, 0.15) is 0 Å². The van der Waals surface area contributed by atoms with Crippen molar-refractivity contribution in [1.82, 2.24) is 15.0 Å². The van der Waals surface area contributed by atoms with Crippen molar-refractivity contribution in [3.8, 4) is 0 Å². The molecular formula is C22H21ClN4O. The van der Waals surface area contributed by atoms with E-state index in [1.54, 1.807) is 17.4 Å². The van der Waals surface area contributed by atoms with Crippen LogP contribution in [-0.2, 0) is 4.79 Å². The van der Waals surface area contributed by atoms with Crippen LogP contribution in [0, 0.1) is 5.41 Å². The third-order valence-corrected chi connectivity index (χ3v) is 5.07. The average Bonchev–Trinajstić information content (AvgIpc) is 3.12. The van der Waals surface area contributed by atoms with Crippen LogP contribution in [0.5, 0.6) is 0 Å². The van der Waals surface area contributed by atoms with Gasteiger partial charge in [-0.25, -0.2) is 5.01 Å². The molecule has 0 saturated carbocycles. The van der Waals surface area contributed by atoms with Crippen molar-refractivity contribution in [2.24, 2.45) is 10.5 Å². The van der Waals surface area contributed by atoms with E-state index in [4.69, 9.17) is 16.7 Å². The van der Waals surface area contributed by atoms with Crippen molar-refractivity contribution in [1.29, 1.82) is 0 Å². The Morgan fingerprint density at radius 3 is 2.39 bits per heavy atom. The Kier molecular flexibility index (Phi) is 4.63. The van der Waals surface area contributed by atoms with Gasteiger partial charge in [-0.1, -0.05) is 50.6 Å². The average molecular weight is 393 g/mol. The van der Waals surface area contributed by atoms with Gasteiger partial charge in [-0.15, -0.1) is 0 Å². The van der Waals surface area contributed by atoms with Crippen molar-refractivity contribution >= 4 is 34.3 Å². The first-order chi connectivity index (χ1) is 13.3. The molecule has 28 heavy (non-hydrogen) atoms. The molecule has 0 unspecified atom stereocenters. The molecule has 2 heterocycles. The molecule has 0 radical (unpaired) electrons. The summed E-state index contributed by atoms with van der Waals surface area (Å²) in [6.45, 7) is 5.73. The number of carbonyl (C=O) groups is 1. The van der Waals surface area contributed by atoms with Crippen LogP contribution in [0.2, 0.25) is 5.02 Å². The Balaban J connectivity index is 1.75. The lowest BCUT2D eigenvalue weighted by Crippen LogP contribution is -2.36. The zero-order valence-electron chi connectivity index (χ0n) is 16.1. The van der Waals surface area contributed by atoms with E-state index in [9.17, 15) is 4.79 Å². The first-order valence-corrected chi connectivity index (χ1v) is 9.58. The molecule has 3 aromatic rings. The second-order valence-corrected chi connectivity index (χ2v) is 8.41. The van der Waals surface area contributed by atoms with Gasteiger partial charge in [0.05, 0.1) is 22.8 Å². The molecule has 1 aliphatic rings. The number of amides is 1. The van der Waals surface area contributed by atoms with Gasteiger partial charge >= 0.3 is 0 Å². The predicted molar refractivity (Wildman–Crippen MR) is 111 cm³/mol. The van der Waals surface area contributed by atoms with Gasteiger partial charge in [-0.2, -0.15) is 5.10 Å². The molecule has 1 atom stereocenters. The Morgan fingerprint density at radius 2 is 1.71 bits per heavy atom. The summed E-state index contributed by atoms with van der Waals surface area (Å²) in [5.74, 6) is -0.0132. The van der Waals surface area contributed by atoms with Crippen LogP contribution < -0.4 is 0 Å². The largest absolute Gasteiger partial charge is 0.272 e. The Morgan fingerprint density at radius 1 is 1.04 bits per heavy atom. The number of hydrazone groups is 1. The minimum atomic E-state index is -0.534. The normalized spacial score (nSPS) is 17.1. The SMILES string of the molecule is CC(C)(C)C(=O)N1N=C(c2ccc(Cl)cc2)C[C@H]1c1ccc2nccnc2c1. The number of nitrogens with zero attached hydrogens (tertiary/aromatic N) is 4. The van der Waals surface area contributed by atoms with E-state index in [2.05, 4.69) is 9.97 Å². The summed E-state index contributed by atoms with van der Waals surface area (Å²) in [6.07, 6.45) is 3.98. The molecular weight excluding hydrogens is 372 g/mol. The summed E-state index contributed by atoms with van der Waals surface area (Å²) in [6, 6.07) is 13.3. The highest BCUT2D eigenvalue weighted by Crippen LogP contribution is 2.36. The highest BCUT2D eigenvalue weighted by atomic mass is 35.5. The number of carbonyl (C=O) groups excluding carboxylic acids is 1. The first kappa shape index (κ1) is 18.6. The van der Waals surface area contributed by atoms with E-state index < -0.39 is 5.41 Å². The molecule has 0 spiro atoms. The summed E-state index contributed by atoms with van der Waals surface area (Å²) in [7, 11) is 0. The molecule has 4 rings (SSSR count). The molecule has 0 saturated heterocycles. The molecule has 0 bridgehead atoms. The minimum absolute atomic E-state index is 0.0132. The Labute approximate surface area is 169 Å². The first-order valence-electron chi connectivity index (χ1n) is 9.21. The fourth-order valence-corrected chi connectivity index (χ4v) is 3.43. The fourth-order valence-electron chi connectivity index (χ4n) is 3.31. The van der Waals surface area contributed by atoms with Crippen molar-refractivity contribution in [2.75, 3.05) is 0 Å². The number of rotatable bonds is 2. The summed E-state index contributed by atoms with van der Waals surface area (Å²) in [5.41, 5.74) is 3.95. The Hall–Kier alpha value is -2.79. The maximum atomic E-state index is 13.1. The van der Waals surface area contributed by atoms with Crippen LogP contribution >= 0.6 is 11.6 Å². The lowest BCUT2D eigenvalue weighted by Gasteiger charge is -2.28. The maximum Gasteiger partial charge on any atom is 0.248 e. The summed E-state index contributed by atoms with van der Waals surface area (Å²) < 4.78 is 0. The van der Waals surface area contributed by atoms with Crippen LogP contribution in [0.3, 0.4) is 0 Å². The smallest absolute Gasteiger partial charge is 0.248 e. The van der Waals surface area contributed by atoms with Gasteiger partial charge in [0.2, 0.25) is 5.91 Å². The zero-order chi connectivity index (χ0) is 19.9. The predicted octanol–water partition coefficient (Wildman–Crippen LogP) is 5.01. The molecule has 1 amide bonds. The number of halogens is 1. The number of hydrogen-bond acceptors (Lipinski definition) is 4. The summed E-state index contributed by atoms with van der Waals surface area (Å²) >= 11 is 6.02. The summed E-state index contributed by atoms with van der Waals surface area (Å²) in [5, 5.41) is 7.02. The number of hydrogen-bond donors (Lipinski definition) is 0. The lowest BCUT2D eigenvalue weighted by atomic mass is 9.93. The van der Waals surface area contributed by atoms with E-state index in [0.29, 0.717) is 11.4 Å². The number of benzene rings is 2. The van der Waals surface area contributed by atoms with Crippen LogP contribution in [0.25, 0.3) is 11.0 Å². The third-order valence-electron chi connectivity index (χ3n) is 4.82. The fraction of sp³-hybridized carbons (Fsp3) is 0.273. The topological polar surface area (TPSA) is 58.5 Å². The van der Waals surface area contributed by atoms with Crippen molar-refractivity contribution in [3.05, 3.63) is 71.0 Å². The second kappa shape index (κ2) is 6.99. The molecule has 0 fully saturated rings. The number of fused-ring (bicyclic) bond motifs is 1. The molecule has 1 aromatic heterocycles. The van der Waals surface area contributed by atoms with Gasteiger partial charge in [0, 0.05) is 29.3 Å². The van der Waals surface area contributed by atoms with E-state index in [-0.39, 0.29) is 11.9 Å². The van der Waals surface area contributed by atoms with Crippen LogP contribution in [-0.4, -0.2) is 26.6 Å². The lowest BCUT2D eigenvalue weighted by molar-refractivity contribution is -0.141. The second-order valence-electron chi connectivity index (χ2n) is 7.98. The van der Waals surface area contributed by atoms with Crippen LogP contribution in [0.1, 0.15) is 44.4 Å². The maximum absolute atomic E-state index is 13.1. The molecule has 0 N–H and O–H groups in total. The standard InChI is InChI=1S/C22H21ClN4O/c1-22(2,3)21(28)27-20(13-18(26-27)14-4-7-16(23)8-5-14)15-6-9-17-19(12-15)25-11-10-24-17/h4-12,20H,13H2,1-3H3/t20-/m0/s1. The van der Waals surface area contributed by atoms with Crippen LogP contribution in [0.4, 0.5) is 0 Å².